The highest BCUT2D eigenvalue weighted by atomic mass is 32.5. The molecule has 12 heavy (non-hydrogen) atoms. The average Bonchev–Trinajstić information content (AvgIpc) is 2.06. The van der Waals surface area contributed by atoms with Crippen LogP contribution >= 0.6 is 6.64 Å². The molecule has 0 saturated carbocycles. The first kappa shape index (κ1) is 9.68. The van der Waals surface area contributed by atoms with Crippen molar-refractivity contribution in [1.82, 2.24) is 5.09 Å². The molecule has 1 aromatic carbocycles. The van der Waals surface area contributed by atoms with E-state index in [9.17, 15) is 4.89 Å². The lowest BCUT2D eigenvalue weighted by atomic mass is 10.3. The van der Waals surface area contributed by atoms with Crippen molar-refractivity contribution in [3.63, 3.8) is 0 Å². The second-order valence-corrected chi connectivity index (χ2v) is 5.30. The largest absolute Gasteiger partial charge is 0.433 e. The molecular weight excluding hydrogens is 193 g/mol. The molecule has 5 heteroatoms. The van der Waals surface area contributed by atoms with Crippen molar-refractivity contribution in [2.45, 2.75) is 0 Å². The van der Waals surface area contributed by atoms with Crippen molar-refractivity contribution >= 4 is 18.4 Å². The Morgan fingerprint density at radius 1 is 1.42 bits per heavy atom. The minimum Gasteiger partial charge on any atom is -0.433 e. The number of para-hydroxylation sites is 1. The maximum absolute atomic E-state index is 9.37. The summed E-state index contributed by atoms with van der Waals surface area (Å²) in [5.41, 5.74) is 0. The minimum atomic E-state index is -2.81. The van der Waals surface area contributed by atoms with Gasteiger partial charge in [-0.15, -0.1) is 0 Å². The summed E-state index contributed by atoms with van der Waals surface area (Å²) < 4.78 is 5.12. The minimum absolute atomic E-state index is 0.581. The number of hydrogen-bond acceptors (Lipinski definition) is 2. The fourth-order valence-corrected chi connectivity index (χ4v) is 1.43. The van der Waals surface area contributed by atoms with Gasteiger partial charge in [-0.3, -0.25) is 0 Å². The zero-order chi connectivity index (χ0) is 9.03. The van der Waals surface area contributed by atoms with Crippen LogP contribution in [-0.4, -0.2) is 11.9 Å². The van der Waals surface area contributed by atoms with E-state index >= 15 is 0 Å². The van der Waals surface area contributed by atoms with Crippen LogP contribution in [0.1, 0.15) is 0 Å². The molecule has 0 aliphatic heterocycles. The van der Waals surface area contributed by atoms with Crippen LogP contribution in [0.25, 0.3) is 0 Å². The molecule has 0 bridgehead atoms. The standard InChI is InChI=1S/C7H10NO2PS/c1-8-11(9,12)10-7-5-3-2-4-6-7/h2-6H,1H3,(H2,8,9,12). The molecule has 0 aliphatic rings. The molecule has 0 radical (unpaired) electrons. The van der Waals surface area contributed by atoms with Crippen LogP contribution in [0, 0.1) is 0 Å². The van der Waals surface area contributed by atoms with E-state index in [1.165, 1.54) is 0 Å². The zero-order valence-corrected chi connectivity index (χ0v) is 8.31. The average molecular weight is 203 g/mol. The topological polar surface area (TPSA) is 41.5 Å². The van der Waals surface area contributed by atoms with E-state index in [1.807, 2.05) is 18.2 Å². The Morgan fingerprint density at radius 3 is 2.50 bits per heavy atom. The first-order valence-electron chi connectivity index (χ1n) is 3.40. The molecule has 0 heterocycles. The van der Waals surface area contributed by atoms with E-state index in [4.69, 9.17) is 16.3 Å². The Kier molecular flexibility index (Phi) is 3.23. The smallest absolute Gasteiger partial charge is 0.309 e. The van der Waals surface area contributed by atoms with Gasteiger partial charge in [0.05, 0.1) is 0 Å². The lowest BCUT2D eigenvalue weighted by Gasteiger charge is -2.14. The zero-order valence-electron chi connectivity index (χ0n) is 6.60. The van der Waals surface area contributed by atoms with E-state index in [2.05, 4.69) is 5.09 Å². The molecule has 0 saturated heterocycles. The molecule has 1 rings (SSSR count). The Balaban J connectivity index is 2.71. The summed E-state index contributed by atoms with van der Waals surface area (Å²) >= 11 is 4.76. The quantitative estimate of drug-likeness (QED) is 0.730. The Hall–Kier alpha value is -0.410. The van der Waals surface area contributed by atoms with Crippen LogP contribution in [0.3, 0.4) is 0 Å². The highest BCUT2D eigenvalue weighted by Crippen LogP contribution is 2.37. The van der Waals surface area contributed by atoms with Gasteiger partial charge in [-0.2, -0.15) is 0 Å². The van der Waals surface area contributed by atoms with Gasteiger partial charge in [0.2, 0.25) is 0 Å². The van der Waals surface area contributed by atoms with E-state index in [1.54, 1.807) is 19.2 Å². The summed E-state index contributed by atoms with van der Waals surface area (Å²) in [6.07, 6.45) is 0. The van der Waals surface area contributed by atoms with Gasteiger partial charge < -0.3 is 9.42 Å². The van der Waals surface area contributed by atoms with Crippen molar-refractivity contribution < 1.29 is 9.42 Å². The number of hydrogen-bond donors (Lipinski definition) is 2. The van der Waals surface area contributed by atoms with Gasteiger partial charge in [0.25, 0.3) is 0 Å². The Bertz CT molecular complexity index is 291. The SMILES string of the molecule is CNP(O)(=S)Oc1ccccc1. The molecule has 0 amide bonds. The Morgan fingerprint density at radius 2 is 2.00 bits per heavy atom. The number of benzene rings is 1. The molecule has 0 spiro atoms. The van der Waals surface area contributed by atoms with Crippen LogP contribution < -0.4 is 9.61 Å². The van der Waals surface area contributed by atoms with Gasteiger partial charge in [0.1, 0.15) is 5.75 Å². The molecule has 0 fully saturated rings. The van der Waals surface area contributed by atoms with Crippen LogP contribution in [-0.2, 0) is 11.8 Å². The molecule has 1 unspecified atom stereocenters. The van der Waals surface area contributed by atoms with Crippen LogP contribution in [0.2, 0.25) is 0 Å². The van der Waals surface area contributed by atoms with Gasteiger partial charge in [-0.05, 0) is 31.0 Å². The van der Waals surface area contributed by atoms with Gasteiger partial charge in [0.15, 0.2) is 0 Å². The van der Waals surface area contributed by atoms with Crippen molar-refractivity contribution in [3.8, 4) is 5.75 Å². The monoisotopic (exact) mass is 203 g/mol. The molecular formula is C7H10NO2PS. The summed E-state index contributed by atoms with van der Waals surface area (Å²) in [4.78, 5) is 9.37. The molecule has 2 N–H and O–H groups in total. The molecule has 1 atom stereocenters. The lowest BCUT2D eigenvalue weighted by Crippen LogP contribution is -2.06. The summed E-state index contributed by atoms with van der Waals surface area (Å²) in [7, 11) is 1.57. The van der Waals surface area contributed by atoms with E-state index < -0.39 is 6.64 Å². The molecule has 0 aliphatic carbocycles. The predicted molar refractivity (Wildman–Crippen MR) is 52.6 cm³/mol. The summed E-state index contributed by atoms with van der Waals surface area (Å²) in [6.45, 7) is -2.81. The summed E-state index contributed by atoms with van der Waals surface area (Å²) in [6, 6.07) is 9.00. The van der Waals surface area contributed by atoms with Gasteiger partial charge >= 0.3 is 6.64 Å². The van der Waals surface area contributed by atoms with Gasteiger partial charge in [0, 0.05) is 0 Å². The number of rotatable bonds is 3. The van der Waals surface area contributed by atoms with Crippen molar-refractivity contribution in [1.29, 1.82) is 0 Å². The summed E-state index contributed by atoms with van der Waals surface area (Å²) in [5.74, 6) is 0.581. The van der Waals surface area contributed by atoms with Crippen LogP contribution in [0.4, 0.5) is 0 Å². The predicted octanol–water partition coefficient (Wildman–Crippen LogP) is 1.50. The van der Waals surface area contributed by atoms with Gasteiger partial charge in [-0.1, -0.05) is 18.2 Å². The number of nitrogens with one attached hydrogen (secondary N) is 1. The van der Waals surface area contributed by atoms with Crippen LogP contribution in [0.15, 0.2) is 30.3 Å². The first-order valence-corrected chi connectivity index (χ1v) is 6.08. The van der Waals surface area contributed by atoms with Crippen molar-refractivity contribution in [2.24, 2.45) is 0 Å². The lowest BCUT2D eigenvalue weighted by molar-refractivity contribution is 0.472. The maximum atomic E-state index is 9.37. The first-order chi connectivity index (χ1) is 5.64. The third-order valence-electron chi connectivity index (χ3n) is 1.25. The summed E-state index contributed by atoms with van der Waals surface area (Å²) in [5, 5.41) is 2.55. The third kappa shape index (κ3) is 2.91. The van der Waals surface area contributed by atoms with Crippen LogP contribution in [0.5, 0.6) is 5.75 Å². The second kappa shape index (κ2) is 4.01. The fraction of sp³-hybridized carbons (Fsp3) is 0.143. The molecule has 3 nitrogen and oxygen atoms in total. The van der Waals surface area contributed by atoms with E-state index in [0.29, 0.717) is 5.75 Å². The van der Waals surface area contributed by atoms with Crippen molar-refractivity contribution in [3.05, 3.63) is 30.3 Å². The van der Waals surface area contributed by atoms with E-state index in [-0.39, 0.29) is 0 Å². The van der Waals surface area contributed by atoms with E-state index in [0.717, 1.165) is 0 Å². The second-order valence-electron chi connectivity index (χ2n) is 2.15. The maximum Gasteiger partial charge on any atom is 0.309 e. The molecule has 1 aromatic rings. The Labute approximate surface area is 76.6 Å². The fourth-order valence-electron chi connectivity index (χ4n) is 0.670. The van der Waals surface area contributed by atoms with Crippen molar-refractivity contribution in [2.75, 3.05) is 7.05 Å². The highest BCUT2D eigenvalue weighted by Gasteiger charge is 2.10. The molecule has 66 valence electrons. The highest BCUT2D eigenvalue weighted by molar-refractivity contribution is 8.08. The molecule has 0 aromatic heterocycles. The normalized spacial score (nSPS) is 15.2. The third-order valence-corrected chi connectivity index (χ3v) is 3.05. The van der Waals surface area contributed by atoms with Gasteiger partial charge in [-0.25, -0.2) is 5.09 Å².